The van der Waals surface area contributed by atoms with Crippen molar-refractivity contribution in [3.8, 4) is 0 Å². The highest BCUT2D eigenvalue weighted by molar-refractivity contribution is 6.28. The molecule has 1 spiro atoms. The number of aromatic nitrogens is 4. The highest BCUT2D eigenvalue weighted by atomic mass is 35.5. The Kier molecular flexibility index (Phi) is 7.99. The summed E-state index contributed by atoms with van der Waals surface area (Å²) in [7, 11) is 0. The maximum Gasteiger partial charge on any atom is 0.303 e. The highest BCUT2D eigenvalue weighted by Crippen LogP contribution is 2.47. The Labute approximate surface area is 253 Å². The minimum atomic E-state index is -1.11. The smallest absolute Gasteiger partial charge is 0.303 e. The van der Waals surface area contributed by atoms with E-state index >= 15 is 0 Å². The molecule has 43 heavy (non-hydrogen) atoms. The van der Waals surface area contributed by atoms with Crippen molar-refractivity contribution in [3.05, 3.63) is 47.0 Å². The van der Waals surface area contributed by atoms with Gasteiger partial charge < -0.3 is 24.6 Å². The Hall–Kier alpha value is -3.77. The number of halogens is 1. The first-order valence-electron chi connectivity index (χ1n) is 14.6. The molecule has 1 aliphatic carbocycles. The Morgan fingerprint density at radius 2 is 1.79 bits per heavy atom. The molecule has 2 fully saturated rings. The molecule has 0 bridgehead atoms. The Morgan fingerprint density at radius 3 is 2.51 bits per heavy atom. The molecular weight excluding hydrogens is 578 g/mol. The van der Waals surface area contributed by atoms with Gasteiger partial charge in [-0.05, 0) is 35.6 Å². The molecule has 0 radical (unpaired) electrons. The zero-order valence-corrected chi connectivity index (χ0v) is 24.6. The quantitative estimate of drug-likeness (QED) is 0.276. The van der Waals surface area contributed by atoms with Gasteiger partial charge in [0, 0.05) is 37.3 Å². The van der Waals surface area contributed by atoms with E-state index in [9.17, 15) is 24.6 Å². The number of anilines is 1. The van der Waals surface area contributed by atoms with Gasteiger partial charge in [0.05, 0.1) is 25.3 Å². The predicted molar refractivity (Wildman–Crippen MR) is 155 cm³/mol. The van der Waals surface area contributed by atoms with Gasteiger partial charge in [-0.1, -0.05) is 43.5 Å². The zero-order chi connectivity index (χ0) is 30.3. The SMILES string of the molecule is CC(=O)OC[C@@H]1O[C@@H](n2cnc3c(N4Cc5ccccc5C5(CCCCC5)C4)nc(Cl)nc32)[C@H](CC(=O)O)[C@H]1CC(=O)O. The molecule has 0 amide bonds. The number of esters is 1. The van der Waals surface area contributed by atoms with E-state index in [0.717, 1.165) is 32.2 Å². The molecule has 3 aliphatic rings. The number of carbonyl (C=O) groups is 3. The molecular formula is C30H34ClN5O7. The van der Waals surface area contributed by atoms with E-state index in [2.05, 4.69) is 44.1 Å². The third-order valence-corrected chi connectivity index (χ3v) is 9.35. The van der Waals surface area contributed by atoms with Crippen LogP contribution in [0.15, 0.2) is 30.6 Å². The zero-order valence-electron chi connectivity index (χ0n) is 23.8. The molecule has 6 rings (SSSR count). The number of aliphatic carboxylic acids is 2. The van der Waals surface area contributed by atoms with E-state index in [1.807, 2.05) is 0 Å². The molecule has 2 aromatic heterocycles. The monoisotopic (exact) mass is 611 g/mol. The van der Waals surface area contributed by atoms with Crippen molar-refractivity contribution < 1.29 is 34.1 Å². The van der Waals surface area contributed by atoms with Crippen molar-refractivity contribution in [1.29, 1.82) is 0 Å². The minimum Gasteiger partial charge on any atom is -0.481 e. The Morgan fingerprint density at radius 1 is 1.07 bits per heavy atom. The number of carbonyl (C=O) groups excluding carboxylic acids is 1. The highest BCUT2D eigenvalue weighted by Gasteiger charge is 2.48. The van der Waals surface area contributed by atoms with Gasteiger partial charge in [-0.15, -0.1) is 0 Å². The largest absolute Gasteiger partial charge is 0.481 e. The first kappa shape index (κ1) is 29.3. The lowest BCUT2D eigenvalue weighted by Gasteiger charge is -2.47. The number of rotatable bonds is 8. The van der Waals surface area contributed by atoms with E-state index in [-0.39, 0.29) is 30.1 Å². The number of nitrogens with zero attached hydrogens (tertiary/aromatic N) is 5. The van der Waals surface area contributed by atoms with Crippen molar-refractivity contribution in [2.45, 2.75) is 76.2 Å². The van der Waals surface area contributed by atoms with Gasteiger partial charge in [-0.25, -0.2) is 4.98 Å². The standard InChI is InChI=1S/C30H34ClN5O7/c1-17(37)42-14-22-19(11-23(38)39)20(12-24(40)41)28(43-22)36-16-32-25-26(33-29(31)34-27(25)36)35-13-18-7-3-4-8-21(18)30(15-35)9-5-2-6-10-30/h3-4,7-8,16,19-20,22,28H,2,5-6,9-15H2,1H3,(H,38,39)(H,40,41)/t19-,20-,22+,28-/m1/s1. The van der Waals surface area contributed by atoms with E-state index in [0.29, 0.717) is 23.5 Å². The third kappa shape index (κ3) is 5.65. The summed E-state index contributed by atoms with van der Waals surface area (Å²) < 4.78 is 13.0. The lowest BCUT2D eigenvalue weighted by atomic mass is 9.66. The average Bonchev–Trinajstić information content (AvgIpc) is 3.52. The van der Waals surface area contributed by atoms with Crippen LogP contribution in [0.5, 0.6) is 0 Å². The molecule has 0 unspecified atom stereocenters. The van der Waals surface area contributed by atoms with E-state index in [4.69, 9.17) is 21.1 Å². The summed E-state index contributed by atoms with van der Waals surface area (Å²) in [5, 5.41) is 19.4. The predicted octanol–water partition coefficient (Wildman–Crippen LogP) is 4.34. The van der Waals surface area contributed by atoms with Crippen LogP contribution in [-0.2, 0) is 35.8 Å². The summed E-state index contributed by atoms with van der Waals surface area (Å²) in [6.07, 6.45) is 4.72. The van der Waals surface area contributed by atoms with Crippen LogP contribution in [0.1, 0.15) is 69.2 Å². The van der Waals surface area contributed by atoms with Crippen molar-refractivity contribution in [2.24, 2.45) is 11.8 Å². The summed E-state index contributed by atoms with van der Waals surface area (Å²) in [6.45, 7) is 2.42. The van der Waals surface area contributed by atoms with Gasteiger partial charge in [0.2, 0.25) is 5.28 Å². The van der Waals surface area contributed by atoms with Crippen LogP contribution in [0.4, 0.5) is 5.82 Å². The van der Waals surface area contributed by atoms with Gasteiger partial charge >= 0.3 is 17.9 Å². The van der Waals surface area contributed by atoms with Crippen LogP contribution in [0.2, 0.25) is 5.28 Å². The first-order valence-corrected chi connectivity index (χ1v) is 15.0. The van der Waals surface area contributed by atoms with Crippen LogP contribution in [0, 0.1) is 11.8 Å². The fourth-order valence-electron chi connectivity index (χ4n) is 7.42. The van der Waals surface area contributed by atoms with Gasteiger partial charge in [-0.2, -0.15) is 9.97 Å². The molecule has 1 saturated heterocycles. The van der Waals surface area contributed by atoms with Crippen LogP contribution in [0.25, 0.3) is 11.2 Å². The summed E-state index contributed by atoms with van der Waals surface area (Å²) in [6, 6.07) is 8.56. The molecule has 1 saturated carbocycles. The number of carboxylic acid groups (broad SMARTS) is 2. The average molecular weight is 612 g/mol. The number of ether oxygens (including phenoxy) is 2. The fraction of sp³-hybridized carbons (Fsp3) is 0.533. The van der Waals surface area contributed by atoms with Crippen molar-refractivity contribution in [2.75, 3.05) is 18.1 Å². The van der Waals surface area contributed by atoms with Crippen molar-refractivity contribution >= 4 is 46.5 Å². The normalized spacial score (nSPS) is 24.7. The first-order chi connectivity index (χ1) is 20.6. The maximum atomic E-state index is 11.9. The number of benzene rings is 1. The number of imidazole rings is 1. The Bertz CT molecular complexity index is 1550. The van der Waals surface area contributed by atoms with E-state index < -0.39 is 42.1 Å². The van der Waals surface area contributed by atoms with E-state index in [1.54, 1.807) is 4.57 Å². The van der Waals surface area contributed by atoms with Crippen LogP contribution in [0.3, 0.4) is 0 Å². The molecule has 13 heteroatoms. The Balaban J connectivity index is 1.40. The van der Waals surface area contributed by atoms with Gasteiger partial charge in [-0.3, -0.25) is 19.0 Å². The molecule has 4 heterocycles. The fourth-order valence-corrected chi connectivity index (χ4v) is 7.58. The molecule has 4 atom stereocenters. The van der Waals surface area contributed by atoms with Crippen molar-refractivity contribution in [3.63, 3.8) is 0 Å². The van der Waals surface area contributed by atoms with Crippen LogP contribution in [-0.4, -0.2) is 66.9 Å². The molecule has 3 aromatic rings. The van der Waals surface area contributed by atoms with Crippen LogP contribution < -0.4 is 4.90 Å². The minimum absolute atomic E-state index is 0.00541. The molecule has 2 aliphatic heterocycles. The summed E-state index contributed by atoms with van der Waals surface area (Å²) in [5.41, 5.74) is 3.48. The molecule has 228 valence electrons. The molecule has 12 nitrogen and oxygen atoms in total. The summed E-state index contributed by atoms with van der Waals surface area (Å²) in [5.74, 6) is -3.69. The lowest BCUT2D eigenvalue weighted by Crippen LogP contribution is -2.47. The van der Waals surface area contributed by atoms with Gasteiger partial charge in [0.15, 0.2) is 17.0 Å². The van der Waals surface area contributed by atoms with Crippen LogP contribution >= 0.6 is 11.6 Å². The number of carboxylic acids is 2. The van der Waals surface area contributed by atoms with Gasteiger partial charge in [0.25, 0.3) is 0 Å². The number of fused-ring (bicyclic) bond motifs is 3. The van der Waals surface area contributed by atoms with E-state index in [1.165, 1.54) is 30.8 Å². The lowest BCUT2D eigenvalue weighted by molar-refractivity contribution is -0.147. The summed E-state index contributed by atoms with van der Waals surface area (Å²) in [4.78, 5) is 51.3. The second-order valence-corrected chi connectivity index (χ2v) is 12.2. The third-order valence-electron chi connectivity index (χ3n) is 9.18. The molecule has 2 N–H and O–H groups in total. The maximum absolute atomic E-state index is 11.9. The van der Waals surface area contributed by atoms with Gasteiger partial charge in [0.1, 0.15) is 12.8 Å². The number of hydrogen-bond donors (Lipinski definition) is 2. The van der Waals surface area contributed by atoms with Crippen molar-refractivity contribution in [1.82, 2.24) is 19.5 Å². The second kappa shape index (κ2) is 11.7. The number of hydrogen-bond acceptors (Lipinski definition) is 9. The molecule has 1 aromatic carbocycles. The summed E-state index contributed by atoms with van der Waals surface area (Å²) >= 11 is 6.53. The second-order valence-electron chi connectivity index (χ2n) is 11.9. The topological polar surface area (TPSA) is 157 Å².